The van der Waals surface area contributed by atoms with E-state index in [0.717, 1.165) is 36.8 Å². The number of carbonyl (C=O) groups is 3. The van der Waals surface area contributed by atoms with Crippen LogP contribution in [-0.4, -0.2) is 53.7 Å². The number of carboxylic acid groups (broad SMARTS) is 1. The van der Waals surface area contributed by atoms with E-state index in [9.17, 15) is 19.5 Å². The van der Waals surface area contributed by atoms with Gasteiger partial charge in [0.2, 0.25) is 5.91 Å². The number of aliphatic carboxylic acids is 1. The lowest BCUT2D eigenvalue weighted by Gasteiger charge is -2.22. The van der Waals surface area contributed by atoms with Crippen molar-refractivity contribution in [2.45, 2.75) is 44.1 Å². The Morgan fingerprint density at radius 1 is 1.03 bits per heavy atom. The van der Waals surface area contributed by atoms with Crippen LogP contribution in [0.4, 0.5) is 4.79 Å². The minimum absolute atomic E-state index is 0.0126. The summed E-state index contributed by atoms with van der Waals surface area (Å²) in [7, 11) is 0. The van der Waals surface area contributed by atoms with Crippen molar-refractivity contribution in [3.8, 4) is 11.1 Å². The Balaban J connectivity index is 1.08. The maximum Gasteiger partial charge on any atom is 0.407 e. The van der Waals surface area contributed by atoms with Gasteiger partial charge in [-0.05, 0) is 53.9 Å². The molecule has 7 nitrogen and oxygen atoms in total. The van der Waals surface area contributed by atoms with E-state index < -0.39 is 18.0 Å². The predicted octanol–water partition coefficient (Wildman–Crippen LogP) is 4.02. The highest BCUT2D eigenvalue weighted by Crippen LogP contribution is 2.56. The van der Waals surface area contributed by atoms with Crippen LogP contribution in [0.25, 0.3) is 11.1 Å². The number of alkyl carbamates (subject to hydrolysis) is 1. The Morgan fingerprint density at radius 2 is 1.66 bits per heavy atom. The van der Waals surface area contributed by atoms with Crippen LogP contribution in [0, 0.1) is 17.3 Å². The van der Waals surface area contributed by atoms with E-state index in [1.807, 2.05) is 24.3 Å². The third-order valence-electron chi connectivity index (χ3n) is 8.42. The number of carboxylic acids is 1. The lowest BCUT2D eigenvalue weighted by molar-refractivity contribution is -0.143. The number of benzene rings is 2. The zero-order valence-electron chi connectivity index (χ0n) is 19.6. The maximum atomic E-state index is 13.0. The highest BCUT2D eigenvalue weighted by atomic mass is 16.5. The van der Waals surface area contributed by atoms with E-state index >= 15 is 0 Å². The number of likely N-dealkylation sites (tertiary alicyclic amines) is 1. The Morgan fingerprint density at radius 3 is 2.20 bits per heavy atom. The fourth-order valence-electron chi connectivity index (χ4n) is 6.11. The van der Waals surface area contributed by atoms with E-state index in [4.69, 9.17) is 4.74 Å². The molecule has 2 saturated carbocycles. The predicted molar refractivity (Wildman–Crippen MR) is 129 cm³/mol. The van der Waals surface area contributed by atoms with Crippen molar-refractivity contribution in [1.82, 2.24) is 10.2 Å². The zero-order valence-corrected chi connectivity index (χ0v) is 19.6. The average Bonchev–Trinajstić information content (AvgIpc) is 3.76. The van der Waals surface area contributed by atoms with Crippen LogP contribution in [0.15, 0.2) is 48.5 Å². The van der Waals surface area contributed by atoms with Crippen LogP contribution < -0.4 is 5.32 Å². The number of carbonyl (C=O) groups excluding carboxylic acids is 2. The molecule has 3 fully saturated rings. The van der Waals surface area contributed by atoms with Gasteiger partial charge in [-0.25, -0.2) is 4.79 Å². The summed E-state index contributed by atoms with van der Waals surface area (Å²) in [5.74, 6) is -1.10. The number of fused-ring (bicyclic) bond motifs is 3. The molecule has 2 unspecified atom stereocenters. The molecule has 1 saturated heterocycles. The van der Waals surface area contributed by atoms with Gasteiger partial charge in [-0.2, -0.15) is 0 Å². The summed E-state index contributed by atoms with van der Waals surface area (Å²) < 4.78 is 5.69. The van der Waals surface area contributed by atoms with Gasteiger partial charge in [0.1, 0.15) is 6.61 Å². The van der Waals surface area contributed by atoms with Crippen molar-refractivity contribution in [3.63, 3.8) is 0 Å². The van der Waals surface area contributed by atoms with Gasteiger partial charge in [0, 0.05) is 36.9 Å². The summed E-state index contributed by atoms with van der Waals surface area (Å²) in [6, 6.07) is 16.1. The summed E-state index contributed by atoms with van der Waals surface area (Å²) in [5, 5.41) is 12.5. The smallest absolute Gasteiger partial charge is 0.407 e. The van der Waals surface area contributed by atoms with Crippen LogP contribution >= 0.6 is 0 Å². The van der Waals surface area contributed by atoms with Crippen LogP contribution in [0.3, 0.4) is 0 Å². The largest absolute Gasteiger partial charge is 0.481 e. The minimum atomic E-state index is -0.812. The van der Waals surface area contributed by atoms with E-state index in [0.29, 0.717) is 6.54 Å². The van der Waals surface area contributed by atoms with Crippen molar-refractivity contribution in [2.75, 3.05) is 19.7 Å². The molecule has 2 aromatic rings. The normalized spacial score (nSPS) is 22.4. The first kappa shape index (κ1) is 22.1. The van der Waals surface area contributed by atoms with Gasteiger partial charge in [-0.3, -0.25) is 9.59 Å². The highest BCUT2D eigenvalue weighted by molar-refractivity contribution is 5.81. The van der Waals surface area contributed by atoms with Gasteiger partial charge in [-0.15, -0.1) is 0 Å². The van der Waals surface area contributed by atoms with Crippen molar-refractivity contribution in [2.24, 2.45) is 17.3 Å². The molecule has 1 spiro atoms. The van der Waals surface area contributed by atoms with Gasteiger partial charge in [-0.1, -0.05) is 48.5 Å². The fourth-order valence-corrected chi connectivity index (χ4v) is 6.11. The molecule has 0 radical (unpaired) electrons. The van der Waals surface area contributed by atoms with Crippen LogP contribution in [0.5, 0.6) is 0 Å². The Hall–Kier alpha value is -3.35. The lowest BCUT2D eigenvalue weighted by atomic mass is 9.93. The first-order valence-electron chi connectivity index (χ1n) is 12.6. The molecule has 7 heteroatoms. The number of hydrogen-bond acceptors (Lipinski definition) is 4. The Bertz CT molecular complexity index is 1140. The van der Waals surface area contributed by atoms with E-state index in [-0.39, 0.29) is 48.8 Å². The standard InChI is InChI=1S/C28H30N2O5/c31-25(30-14-23(26(32)33)28(16-30)11-12-28)13-24(17-9-10-17)29-27(34)35-15-22-20-7-3-1-5-18(20)19-6-2-4-8-21(19)22/h1-8,17,22-24H,9-16H2,(H,29,34)(H,32,33). The Kier molecular flexibility index (Phi) is 5.31. The molecule has 2 amide bonds. The molecule has 2 atom stereocenters. The zero-order chi connectivity index (χ0) is 24.2. The first-order valence-corrected chi connectivity index (χ1v) is 12.6. The summed E-state index contributed by atoms with van der Waals surface area (Å²) >= 11 is 0. The van der Waals surface area contributed by atoms with Crippen molar-refractivity contribution >= 4 is 18.0 Å². The Labute approximate surface area is 204 Å². The first-order chi connectivity index (χ1) is 16.9. The summed E-state index contributed by atoms with van der Waals surface area (Å²) in [6.45, 7) is 1.03. The molecule has 2 N–H and O–H groups in total. The van der Waals surface area contributed by atoms with Gasteiger partial charge < -0.3 is 20.1 Å². The fraction of sp³-hybridized carbons (Fsp3) is 0.464. The molecular formula is C28H30N2O5. The van der Waals surface area contributed by atoms with Crippen molar-refractivity contribution in [3.05, 3.63) is 59.7 Å². The van der Waals surface area contributed by atoms with Gasteiger partial charge in [0.05, 0.1) is 5.92 Å². The van der Waals surface area contributed by atoms with E-state index in [1.54, 1.807) is 4.90 Å². The van der Waals surface area contributed by atoms with Crippen molar-refractivity contribution in [1.29, 1.82) is 0 Å². The molecule has 182 valence electrons. The molecule has 6 rings (SSSR count). The monoisotopic (exact) mass is 474 g/mol. The summed E-state index contributed by atoms with van der Waals surface area (Å²) in [4.78, 5) is 39.2. The number of hydrogen-bond donors (Lipinski definition) is 2. The third-order valence-corrected chi connectivity index (χ3v) is 8.42. The van der Waals surface area contributed by atoms with Crippen molar-refractivity contribution < 1.29 is 24.2 Å². The van der Waals surface area contributed by atoms with Gasteiger partial charge in [0.25, 0.3) is 0 Å². The number of nitrogens with zero attached hydrogens (tertiary/aromatic N) is 1. The second kappa shape index (κ2) is 8.40. The van der Waals surface area contributed by atoms with Crippen LogP contribution in [0.1, 0.15) is 49.1 Å². The SMILES string of the molecule is O=C(NC(CC(=O)N1CC(C(=O)O)C2(CC2)C1)C1CC1)OCC1c2ccccc2-c2ccccc21. The maximum absolute atomic E-state index is 13.0. The molecule has 0 aromatic heterocycles. The molecule has 3 aliphatic carbocycles. The van der Waals surface area contributed by atoms with Crippen LogP contribution in [-0.2, 0) is 14.3 Å². The molecule has 2 aromatic carbocycles. The molecule has 4 aliphatic rings. The number of rotatable bonds is 7. The highest BCUT2D eigenvalue weighted by Gasteiger charge is 2.59. The summed E-state index contributed by atoms with van der Waals surface area (Å²) in [5.41, 5.74) is 4.45. The number of nitrogens with one attached hydrogen (secondary N) is 1. The summed E-state index contributed by atoms with van der Waals surface area (Å²) in [6.07, 6.45) is 3.39. The molecule has 35 heavy (non-hydrogen) atoms. The molecular weight excluding hydrogens is 444 g/mol. The van der Waals surface area contributed by atoms with E-state index in [1.165, 1.54) is 11.1 Å². The third kappa shape index (κ3) is 4.07. The van der Waals surface area contributed by atoms with Gasteiger partial charge >= 0.3 is 12.1 Å². The molecule has 1 aliphatic heterocycles. The van der Waals surface area contributed by atoms with Gasteiger partial charge in [0.15, 0.2) is 0 Å². The van der Waals surface area contributed by atoms with E-state index in [2.05, 4.69) is 29.6 Å². The second-order valence-electron chi connectivity index (χ2n) is 10.6. The topological polar surface area (TPSA) is 95.9 Å². The molecule has 1 heterocycles. The van der Waals surface area contributed by atoms with Crippen LogP contribution in [0.2, 0.25) is 0 Å². The number of ether oxygens (including phenoxy) is 1. The second-order valence-corrected chi connectivity index (χ2v) is 10.6. The number of amides is 2. The average molecular weight is 475 g/mol. The lowest BCUT2D eigenvalue weighted by Crippen LogP contribution is -2.42. The quantitative estimate of drug-likeness (QED) is 0.632. The molecule has 0 bridgehead atoms. The minimum Gasteiger partial charge on any atom is -0.481 e.